The molecule has 3 heterocycles. The molecule has 0 radical (unpaired) electrons. The van der Waals surface area contributed by atoms with E-state index in [0.29, 0.717) is 11.1 Å². The normalized spacial score (nSPS) is 24.3. The van der Waals surface area contributed by atoms with E-state index >= 15 is 0 Å². The number of aromatic amines is 1. The van der Waals surface area contributed by atoms with Crippen LogP contribution in [0.4, 0.5) is 0 Å². The van der Waals surface area contributed by atoms with Crippen LogP contribution in [-0.2, 0) is 12.8 Å². The van der Waals surface area contributed by atoms with Crippen LogP contribution in [0, 0.1) is 5.41 Å². The number of H-pyrrole nitrogens is 1. The fourth-order valence-electron chi connectivity index (χ4n) is 4.05. The predicted octanol–water partition coefficient (Wildman–Crippen LogP) is 1.11. The molecular formula is C15H22N4O. The molecule has 0 saturated carbocycles. The monoisotopic (exact) mass is 274 g/mol. The zero-order chi connectivity index (χ0) is 13.6. The molecule has 0 unspecified atom stereocenters. The summed E-state index contributed by atoms with van der Waals surface area (Å²) in [5.74, 6) is 0.144. The van der Waals surface area contributed by atoms with Gasteiger partial charge in [0.05, 0.1) is 0 Å². The third-order valence-electron chi connectivity index (χ3n) is 5.45. The molecule has 2 fully saturated rings. The lowest BCUT2D eigenvalue weighted by Gasteiger charge is -2.38. The van der Waals surface area contributed by atoms with Crippen LogP contribution in [0.2, 0.25) is 0 Å². The summed E-state index contributed by atoms with van der Waals surface area (Å²) >= 11 is 0. The minimum atomic E-state index is 0.144. The second kappa shape index (κ2) is 4.58. The first kappa shape index (κ1) is 12.4. The Morgan fingerprint density at radius 1 is 1.20 bits per heavy atom. The molecule has 20 heavy (non-hydrogen) atoms. The summed E-state index contributed by atoms with van der Waals surface area (Å²) in [4.78, 5) is 14.7. The second-order valence-corrected chi connectivity index (χ2v) is 6.60. The van der Waals surface area contributed by atoms with E-state index in [4.69, 9.17) is 0 Å². The van der Waals surface area contributed by atoms with Gasteiger partial charge in [-0.25, -0.2) is 0 Å². The molecule has 2 saturated heterocycles. The molecule has 0 atom stereocenters. The highest BCUT2D eigenvalue weighted by Crippen LogP contribution is 2.37. The number of hydrogen-bond donors (Lipinski definition) is 2. The average molecular weight is 274 g/mol. The maximum absolute atomic E-state index is 12.7. The van der Waals surface area contributed by atoms with Gasteiger partial charge in [-0.05, 0) is 50.5 Å². The van der Waals surface area contributed by atoms with Crippen molar-refractivity contribution in [2.75, 3.05) is 26.2 Å². The summed E-state index contributed by atoms with van der Waals surface area (Å²) in [6, 6.07) is 0. The van der Waals surface area contributed by atoms with Crippen LogP contribution in [0.1, 0.15) is 47.4 Å². The number of rotatable bonds is 1. The first-order chi connectivity index (χ1) is 9.77. The largest absolute Gasteiger partial charge is 0.337 e. The van der Waals surface area contributed by atoms with Gasteiger partial charge in [0.2, 0.25) is 0 Å². The zero-order valence-corrected chi connectivity index (χ0v) is 11.9. The second-order valence-electron chi connectivity index (χ2n) is 6.60. The molecule has 108 valence electrons. The van der Waals surface area contributed by atoms with Gasteiger partial charge in [0, 0.05) is 30.9 Å². The summed E-state index contributed by atoms with van der Waals surface area (Å²) < 4.78 is 0. The van der Waals surface area contributed by atoms with Crippen LogP contribution in [0.5, 0.6) is 0 Å². The van der Waals surface area contributed by atoms with E-state index in [1.165, 1.54) is 17.7 Å². The van der Waals surface area contributed by atoms with Gasteiger partial charge in [-0.3, -0.25) is 9.89 Å². The molecule has 5 nitrogen and oxygen atoms in total. The Morgan fingerprint density at radius 3 is 2.80 bits per heavy atom. The van der Waals surface area contributed by atoms with E-state index in [1.54, 1.807) is 0 Å². The molecule has 2 aliphatic heterocycles. The topological polar surface area (TPSA) is 61.0 Å². The summed E-state index contributed by atoms with van der Waals surface area (Å²) in [5.41, 5.74) is 3.52. The van der Waals surface area contributed by atoms with Crippen molar-refractivity contribution in [2.24, 2.45) is 5.41 Å². The zero-order valence-electron chi connectivity index (χ0n) is 11.9. The lowest BCUT2D eigenvalue weighted by molar-refractivity contribution is 0.0601. The Balaban J connectivity index is 1.47. The average Bonchev–Trinajstić information content (AvgIpc) is 3.15. The standard InChI is InChI=1S/C15H22N4O/c20-14(13-11-2-1-3-12(11)17-18-13)19-8-5-15(6-9-19)4-7-16-10-15/h16H,1-10H2,(H,17,18). The smallest absolute Gasteiger partial charge is 0.274 e. The molecule has 1 spiro atoms. The number of nitrogens with zero attached hydrogens (tertiary/aromatic N) is 2. The van der Waals surface area contributed by atoms with E-state index in [-0.39, 0.29) is 5.91 Å². The van der Waals surface area contributed by atoms with Gasteiger partial charge in [0.15, 0.2) is 5.69 Å². The third-order valence-corrected chi connectivity index (χ3v) is 5.45. The number of likely N-dealkylation sites (tertiary alicyclic amines) is 1. The van der Waals surface area contributed by atoms with Crippen LogP contribution in [0.15, 0.2) is 0 Å². The van der Waals surface area contributed by atoms with Crippen LogP contribution < -0.4 is 5.32 Å². The van der Waals surface area contributed by atoms with Gasteiger partial charge in [-0.1, -0.05) is 0 Å². The number of fused-ring (bicyclic) bond motifs is 1. The summed E-state index contributed by atoms with van der Waals surface area (Å²) in [6.07, 6.45) is 6.75. The lowest BCUT2D eigenvalue weighted by Crippen LogP contribution is -2.44. The molecule has 1 aromatic heterocycles. The summed E-state index contributed by atoms with van der Waals surface area (Å²) in [6.45, 7) is 4.05. The number of carbonyl (C=O) groups excluding carboxylic acids is 1. The summed E-state index contributed by atoms with van der Waals surface area (Å²) in [7, 11) is 0. The molecule has 1 aliphatic carbocycles. The van der Waals surface area contributed by atoms with E-state index < -0.39 is 0 Å². The quantitative estimate of drug-likeness (QED) is 0.806. The molecule has 1 amide bonds. The van der Waals surface area contributed by atoms with Crippen molar-refractivity contribution in [3.05, 3.63) is 17.0 Å². The highest BCUT2D eigenvalue weighted by atomic mass is 16.2. The highest BCUT2D eigenvalue weighted by Gasteiger charge is 2.39. The van der Waals surface area contributed by atoms with Gasteiger partial charge in [0.25, 0.3) is 5.91 Å². The minimum absolute atomic E-state index is 0.144. The summed E-state index contributed by atoms with van der Waals surface area (Å²) in [5, 5.41) is 10.8. The lowest BCUT2D eigenvalue weighted by atomic mass is 9.78. The van der Waals surface area contributed by atoms with Crippen molar-refractivity contribution >= 4 is 5.91 Å². The Hall–Kier alpha value is -1.36. The first-order valence-electron chi connectivity index (χ1n) is 7.84. The Morgan fingerprint density at radius 2 is 2.05 bits per heavy atom. The van der Waals surface area contributed by atoms with Gasteiger partial charge in [-0.2, -0.15) is 5.10 Å². The fourth-order valence-corrected chi connectivity index (χ4v) is 4.05. The third kappa shape index (κ3) is 1.87. The van der Waals surface area contributed by atoms with Crippen LogP contribution in [0.3, 0.4) is 0 Å². The van der Waals surface area contributed by atoms with Crippen molar-refractivity contribution < 1.29 is 4.79 Å². The number of amides is 1. The van der Waals surface area contributed by atoms with Gasteiger partial charge in [0.1, 0.15) is 0 Å². The Labute approximate surface area is 119 Å². The van der Waals surface area contributed by atoms with E-state index in [2.05, 4.69) is 15.5 Å². The highest BCUT2D eigenvalue weighted by molar-refractivity contribution is 5.94. The Bertz CT molecular complexity index is 520. The maximum atomic E-state index is 12.7. The first-order valence-corrected chi connectivity index (χ1v) is 7.84. The molecule has 0 aromatic carbocycles. The minimum Gasteiger partial charge on any atom is -0.337 e. The van der Waals surface area contributed by atoms with Crippen molar-refractivity contribution in [2.45, 2.75) is 38.5 Å². The molecule has 2 N–H and O–H groups in total. The Kier molecular flexibility index (Phi) is 2.84. The number of aryl methyl sites for hydroxylation is 1. The van der Waals surface area contributed by atoms with Gasteiger partial charge >= 0.3 is 0 Å². The van der Waals surface area contributed by atoms with Gasteiger partial charge in [-0.15, -0.1) is 0 Å². The molecular weight excluding hydrogens is 252 g/mol. The van der Waals surface area contributed by atoms with Crippen LogP contribution in [0.25, 0.3) is 0 Å². The van der Waals surface area contributed by atoms with E-state index in [9.17, 15) is 4.79 Å². The van der Waals surface area contributed by atoms with Crippen molar-refractivity contribution in [1.82, 2.24) is 20.4 Å². The van der Waals surface area contributed by atoms with Gasteiger partial charge < -0.3 is 10.2 Å². The van der Waals surface area contributed by atoms with Crippen LogP contribution in [-0.4, -0.2) is 47.2 Å². The van der Waals surface area contributed by atoms with Crippen molar-refractivity contribution in [1.29, 1.82) is 0 Å². The number of hydrogen-bond acceptors (Lipinski definition) is 3. The number of nitrogens with one attached hydrogen (secondary N) is 2. The van der Waals surface area contributed by atoms with Crippen molar-refractivity contribution in [3.8, 4) is 0 Å². The molecule has 0 bridgehead atoms. The van der Waals surface area contributed by atoms with Crippen molar-refractivity contribution in [3.63, 3.8) is 0 Å². The molecule has 3 aliphatic rings. The fraction of sp³-hybridized carbons (Fsp3) is 0.733. The molecule has 1 aromatic rings. The number of aromatic nitrogens is 2. The molecule has 4 rings (SSSR count). The predicted molar refractivity (Wildman–Crippen MR) is 75.7 cm³/mol. The number of carbonyl (C=O) groups is 1. The molecule has 5 heteroatoms. The van der Waals surface area contributed by atoms with E-state index in [0.717, 1.165) is 58.3 Å². The maximum Gasteiger partial charge on any atom is 0.274 e. The SMILES string of the molecule is O=C(c1n[nH]c2c1CCC2)N1CCC2(CCNC2)CC1. The number of piperidine rings is 1. The van der Waals surface area contributed by atoms with Crippen LogP contribution >= 0.6 is 0 Å². The van der Waals surface area contributed by atoms with E-state index in [1.807, 2.05) is 4.90 Å².